The van der Waals surface area contributed by atoms with Crippen molar-refractivity contribution in [2.24, 2.45) is 5.73 Å². The predicted molar refractivity (Wildman–Crippen MR) is 36.3 cm³/mol. The Bertz CT molecular complexity index is 85.1. The minimum Gasteiger partial charge on any atom is -0.383 e. The predicted octanol–water partition coefficient (Wildman–Crippen LogP) is -0.678. The highest BCUT2D eigenvalue weighted by Crippen LogP contribution is 2.03. The first-order chi connectivity index (χ1) is 4.33. The zero-order chi connectivity index (χ0) is 6.69. The number of rotatable bonds is 2. The van der Waals surface area contributed by atoms with Crippen molar-refractivity contribution in [2.45, 2.75) is 18.5 Å². The lowest BCUT2D eigenvalue weighted by molar-refractivity contribution is 0.173. The van der Waals surface area contributed by atoms with Crippen LogP contribution in [0.5, 0.6) is 0 Å². The van der Waals surface area contributed by atoms with E-state index in [2.05, 4.69) is 5.32 Å². The summed E-state index contributed by atoms with van der Waals surface area (Å²) in [6, 6.07) is 0.829. The average Bonchev–Trinajstić information content (AvgIpc) is 2.17. The van der Waals surface area contributed by atoms with Gasteiger partial charge in [-0.25, -0.2) is 0 Å². The van der Waals surface area contributed by atoms with Gasteiger partial charge < -0.3 is 15.8 Å². The molecule has 1 heterocycles. The summed E-state index contributed by atoms with van der Waals surface area (Å²) in [7, 11) is 1.71. The van der Waals surface area contributed by atoms with Gasteiger partial charge in [-0.15, -0.1) is 0 Å². The summed E-state index contributed by atoms with van der Waals surface area (Å²) < 4.78 is 4.96. The van der Waals surface area contributed by atoms with Crippen LogP contribution in [0.2, 0.25) is 0 Å². The zero-order valence-electron chi connectivity index (χ0n) is 5.76. The van der Waals surface area contributed by atoms with E-state index in [1.54, 1.807) is 7.11 Å². The Balaban J connectivity index is 2.14. The molecule has 54 valence electrons. The monoisotopic (exact) mass is 130 g/mol. The quantitative estimate of drug-likeness (QED) is 0.521. The van der Waals surface area contributed by atoms with Gasteiger partial charge in [0.2, 0.25) is 0 Å². The van der Waals surface area contributed by atoms with Crippen molar-refractivity contribution < 1.29 is 4.74 Å². The van der Waals surface area contributed by atoms with Gasteiger partial charge in [0.25, 0.3) is 0 Å². The second-order valence-electron chi connectivity index (χ2n) is 2.56. The second kappa shape index (κ2) is 3.15. The van der Waals surface area contributed by atoms with Gasteiger partial charge in [-0.05, 0) is 6.42 Å². The lowest BCUT2D eigenvalue weighted by Gasteiger charge is -2.06. The van der Waals surface area contributed by atoms with Crippen LogP contribution in [-0.4, -0.2) is 32.3 Å². The molecule has 0 aliphatic carbocycles. The molecular formula is C6H14N2O. The molecule has 1 saturated heterocycles. The maximum Gasteiger partial charge on any atom is 0.0616 e. The Hall–Kier alpha value is -0.120. The zero-order valence-corrected chi connectivity index (χ0v) is 5.76. The Morgan fingerprint density at radius 1 is 1.78 bits per heavy atom. The van der Waals surface area contributed by atoms with Gasteiger partial charge in [-0.3, -0.25) is 0 Å². The molecule has 0 amide bonds. The molecular weight excluding hydrogens is 116 g/mol. The van der Waals surface area contributed by atoms with Crippen LogP contribution >= 0.6 is 0 Å². The first-order valence-corrected chi connectivity index (χ1v) is 3.31. The number of nitrogens with one attached hydrogen (secondary N) is 1. The van der Waals surface area contributed by atoms with Crippen molar-refractivity contribution in [3.63, 3.8) is 0 Å². The molecule has 0 radical (unpaired) electrons. The minimum atomic E-state index is 0.338. The largest absolute Gasteiger partial charge is 0.383 e. The third kappa shape index (κ3) is 1.93. The fraction of sp³-hybridized carbons (Fsp3) is 1.00. The topological polar surface area (TPSA) is 47.3 Å². The Kier molecular flexibility index (Phi) is 2.45. The fourth-order valence-corrected chi connectivity index (χ4v) is 1.18. The minimum absolute atomic E-state index is 0.338. The van der Waals surface area contributed by atoms with Gasteiger partial charge in [-0.1, -0.05) is 0 Å². The van der Waals surface area contributed by atoms with Crippen LogP contribution in [0, 0.1) is 0 Å². The van der Waals surface area contributed by atoms with Crippen molar-refractivity contribution in [1.82, 2.24) is 5.32 Å². The second-order valence-corrected chi connectivity index (χ2v) is 2.56. The van der Waals surface area contributed by atoms with Crippen LogP contribution in [0.25, 0.3) is 0 Å². The van der Waals surface area contributed by atoms with Crippen molar-refractivity contribution in [2.75, 3.05) is 20.3 Å². The summed E-state index contributed by atoms with van der Waals surface area (Å²) in [4.78, 5) is 0. The standard InChI is InChI=1S/C6H14N2O/c1-9-4-6-2-5(7)3-8-6/h5-6,8H,2-4,7H2,1H3/t5-,6+/m1/s1. The lowest BCUT2D eigenvalue weighted by Crippen LogP contribution is -2.26. The molecule has 0 unspecified atom stereocenters. The summed E-state index contributed by atoms with van der Waals surface area (Å²) >= 11 is 0. The van der Waals surface area contributed by atoms with Crippen LogP contribution < -0.4 is 11.1 Å². The van der Waals surface area contributed by atoms with Crippen LogP contribution in [-0.2, 0) is 4.74 Å². The smallest absolute Gasteiger partial charge is 0.0616 e. The Morgan fingerprint density at radius 3 is 3.00 bits per heavy atom. The molecule has 0 aromatic rings. The van der Waals surface area contributed by atoms with E-state index in [4.69, 9.17) is 10.5 Å². The van der Waals surface area contributed by atoms with E-state index in [-0.39, 0.29) is 0 Å². The normalized spacial score (nSPS) is 35.3. The molecule has 0 saturated carbocycles. The summed E-state index contributed by atoms with van der Waals surface area (Å²) in [5, 5.41) is 3.26. The molecule has 0 aromatic carbocycles. The highest BCUT2D eigenvalue weighted by Gasteiger charge is 2.19. The summed E-state index contributed by atoms with van der Waals surface area (Å²) in [5.41, 5.74) is 5.64. The van der Waals surface area contributed by atoms with E-state index < -0.39 is 0 Å². The SMILES string of the molecule is COC[C@@H]1C[C@@H](N)CN1. The van der Waals surface area contributed by atoms with Gasteiger partial charge >= 0.3 is 0 Å². The van der Waals surface area contributed by atoms with Crippen molar-refractivity contribution >= 4 is 0 Å². The van der Waals surface area contributed by atoms with E-state index in [0.717, 1.165) is 19.6 Å². The highest BCUT2D eigenvalue weighted by atomic mass is 16.5. The number of hydrogen-bond donors (Lipinski definition) is 2. The fourth-order valence-electron chi connectivity index (χ4n) is 1.18. The van der Waals surface area contributed by atoms with Crippen molar-refractivity contribution in [1.29, 1.82) is 0 Å². The van der Waals surface area contributed by atoms with Gasteiger partial charge in [0.1, 0.15) is 0 Å². The molecule has 0 bridgehead atoms. The van der Waals surface area contributed by atoms with E-state index in [1.165, 1.54) is 0 Å². The average molecular weight is 130 g/mol. The molecule has 3 N–H and O–H groups in total. The molecule has 3 nitrogen and oxygen atoms in total. The molecule has 1 rings (SSSR count). The van der Waals surface area contributed by atoms with Crippen molar-refractivity contribution in [3.05, 3.63) is 0 Å². The van der Waals surface area contributed by atoms with Crippen molar-refractivity contribution in [3.8, 4) is 0 Å². The first-order valence-electron chi connectivity index (χ1n) is 3.31. The molecule has 9 heavy (non-hydrogen) atoms. The van der Waals surface area contributed by atoms with Crippen LogP contribution in [0.15, 0.2) is 0 Å². The number of methoxy groups -OCH3 is 1. The van der Waals surface area contributed by atoms with Gasteiger partial charge in [0, 0.05) is 25.7 Å². The molecule has 1 fully saturated rings. The number of hydrogen-bond acceptors (Lipinski definition) is 3. The first kappa shape index (κ1) is 6.99. The van der Waals surface area contributed by atoms with E-state index in [9.17, 15) is 0 Å². The van der Waals surface area contributed by atoms with Gasteiger partial charge in [-0.2, -0.15) is 0 Å². The Morgan fingerprint density at radius 2 is 2.56 bits per heavy atom. The molecule has 0 spiro atoms. The lowest BCUT2D eigenvalue weighted by atomic mass is 10.2. The molecule has 2 atom stereocenters. The molecule has 1 aliphatic heterocycles. The van der Waals surface area contributed by atoms with Crippen LogP contribution in [0.4, 0.5) is 0 Å². The van der Waals surface area contributed by atoms with Gasteiger partial charge in [0.05, 0.1) is 6.61 Å². The third-order valence-electron chi connectivity index (χ3n) is 1.62. The molecule has 1 aliphatic rings. The Labute approximate surface area is 55.6 Å². The maximum absolute atomic E-state index is 5.64. The molecule has 3 heteroatoms. The summed E-state index contributed by atoms with van der Waals surface area (Å²) in [6.07, 6.45) is 1.05. The van der Waals surface area contributed by atoms with Crippen LogP contribution in [0.3, 0.4) is 0 Å². The van der Waals surface area contributed by atoms with Crippen LogP contribution in [0.1, 0.15) is 6.42 Å². The van der Waals surface area contributed by atoms with E-state index in [1.807, 2.05) is 0 Å². The molecule has 0 aromatic heterocycles. The highest BCUT2D eigenvalue weighted by molar-refractivity contribution is 4.83. The number of nitrogens with two attached hydrogens (primary N) is 1. The number of ether oxygens (including phenoxy) is 1. The van der Waals surface area contributed by atoms with Gasteiger partial charge in [0.15, 0.2) is 0 Å². The summed E-state index contributed by atoms with van der Waals surface area (Å²) in [5.74, 6) is 0. The maximum atomic E-state index is 5.64. The van der Waals surface area contributed by atoms with E-state index >= 15 is 0 Å². The third-order valence-corrected chi connectivity index (χ3v) is 1.62. The van der Waals surface area contributed by atoms with E-state index in [0.29, 0.717) is 12.1 Å². The summed E-state index contributed by atoms with van der Waals surface area (Å²) in [6.45, 7) is 1.72.